The Morgan fingerprint density at radius 1 is 0.370 bits per heavy atom. The Hall–Kier alpha value is -1.92. The first-order valence-electron chi connectivity index (χ1n) is 32.8. The molecule has 0 saturated carbocycles. The third-order valence-electron chi connectivity index (χ3n) is 15.1. The molecule has 0 heterocycles. The molecule has 0 aliphatic heterocycles. The Labute approximate surface area is 455 Å². The number of esters is 1. The molecule has 3 N–H and O–H groups in total. The molecule has 0 aliphatic carbocycles. The summed E-state index contributed by atoms with van der Waals surface area (Å²) in [6.07, 6.45) is 79.1. The van der Waals surface area contributed by atoms with E-state index in [1.54, 1.807) is 6.08 Å². The molecule has 0 aliphatic rings. The number of nitrogens with one attached hydrogen (secondary N) is 1. The Morgan fingerprint density at radius 2 is 0.644 bits per heavy atom. The maximum atomic E-state index is 12.5. The van der Waals surface area contributed by atoms with E-state index >= 15 is 0 Å². The molecule has 0 bridgehead atoms. The molecule has 0 rings (SSSR count). The fraction of sp³-hybridized carbons (Fsp3) is 0.881. The molecule has 430 valence electrons. The van der Waals surface area contributed by atoms with Gasteiger partial charge in [0.25, 0.3) is 0 Å². The van der Waals surface area contributed by atoms with Crippen molar-refractivity contribution in [2.45, 2.75) is 366 Å². The summed E-state index contributed by atoms with van der Waals surface area (Å²) in [7, 11) is 0. The van der Waals surface area contributed by atoms with Crippen LogP contribution in [0.15, 0.2) is 36.5 Å². The van der Waals surface area contributed by atoms with E-state index in [-0.39, 0.29) is 18.5 Å². The molecule has 0 spiro atoms. The van der Waals surface area contributed by atoms with E-state index in [2.05, 4.69) is 43.5 Å². The first-order valence-corrected chi connectivity index (χ1v) is 32.8. The molecule has 0 radical (unpaired) electrons. The molecule has 6 nitrogen and oxygen atoms in total. The van der Waals surface area contributed by atoms with Gasteiger partial charge in [-0.15, -0.1) is 0 Å². The van der Waals surface area contributed by atoms with Crippen molar-refractivity contribution in [2.75, 3.05) is 13.2 Å². The summed E-state index contributed by atoms with van der Waals surface area (Å²) in [5.74, 6) is -0.111. The van der Waals surface area contributed by atoms with E-state index in [1.807, 2.05) is 6.08 Å². The number of ether oxygens (including phenoxy) is 1. The SMILES string of the molecule is CCCCCCCCC/C=C\CCCCCCCCCC(=O)OCCCCCCCC/C=C\CCCCCC(=O)NC(CO)C(O)/C=C/CCCCCCCCCCCCCCCCCCCCCCCCC. The lowest BCUT2D eigenvalue weighted by Gasteiger charge is -2.19. The highest BCUT2D eigenvalue weighted by Crippen LogP contribution is 2.17. The van der Waals surface area contributed by atoms with E-state index in [1.165, 1.54) is 257 Å². The van der Waals surface area contributed by atoms with Gasteiger partial charge < -0.3 is 20.3 Å². The normalized spacial score (nSPS) is 12.8. The van der Waals surface area contributed by atoms with Crippen molar-refractivity contribution >= 4 is 11.9 Å². The number of aliphatic hydroxyl groups excluding tert-OH is 2. The zero-order valence-electron chi connectivity index (χ0n) is 49.1. The standard InChI is InChI=1S/C67H127NO5/c1-3-5-7-9-11-13-15-17-19-21-23-24-25-26-27-28-29-30-32-35-39-43-47-51-55-59-65(70)64(63-69)68-66(71)60-56-52-48-44-40-36-34-38-42-46-50-54-58-62-73-67(72)61-57-53-49-45-41-37-33-31-22-20-18-16-14-12-10-8-6-4-2/h20,22,36,40,55,59,64-65,69-70H,3-19,21,23-35,37-39,41-54,56-58,60-63H2,1-2H3,(H,68,71)/b22-20-,40-36-,59-55+. The smallest absolute Gasteiger partial charge is 0.305 e. The monoisotopic (exact) mass is 1030 g/mol. The summed E-state index contributed by atoms with van der Waals surface area (Å²) in [5, 5.41) is 23.2. The van der Waals surface area contributed by atoms with Crippen LogP contribution in [-0.2, 0) is 14.3 Å². The van der Waals surface area contributed by atoms with Crippen molar-refractivity contribution in [3.05, 3.63) is 36.5 Å². The van der Waals surface area contributed by atoms with Crippen molar-refractivity contribution < 1.29 is 24.5 Å². The van der Waals surface area contributed by atoms with Gasteiger partial charge in [-0.05, 0) is 83.5 Å². The number of carbonyl (C=O) groups excluding carboxylic acids is 2. The zero-order chi connectivity index (χ0) is 52.9. The summed E-state index contributed by atoms with van der Waals surface area (Å²) < 4.78 is 5.48. The second kappa shape index (κ2) is 62.6. The minimum atomic E-state index is -0.864. The number of unbranched alkanes of at least 4 members (excludes halogenated alkanes) is 46. The minimum absolute atomic E-state index is 0.0162. The molecule has 1 amide bonds. The molecular weight excluding hydrogens is 899 g/mol. The molecule has 2 unspecified atom stereocenters. The Bertz CT molecular complexity index is 1180. The zero-order valence-corrected chi connectivity index (χ0v) is 49.1. The second-order valence-electron chi connectivity index (χ2n) is 22.4. The molecule has 73 heavy (non-hydrogen) atoms. The number of amides is 1. The molecule has 0 fully saturated rings. The first kappa shape index (κ1) is 71.1. The van der Waals surface area contributed by atoms with Crippen LogP contribution in [0.5, 0.6) is 0 Å². The van der Waals surface area contributed by atoms with E-state index in [0.29, 0.717) is 19.4 Å². The summed E-state index contributed by atoms with van der Waals surface area (Å²) in [4.78, 5) is 24.6. The Balaban J connectivity index is 3.50. The van der Waals surface area contributed by atoms with Gasteiger partial charge in [0.2, 0.25) is 5.91 Å². The third-order valence-corrected chi connectivity index (χ3v) is 15.1. The average Bonchev–Trinajstić information content (AvgIpc) is 3.39. The lowest BCUT2D eigenvalue weighted by Crippen LogP contribution is -2.45. The van der Waals surface area contributed by atoms with Gasteiger partial charge in [-0.3, -0.25) is 9.59 Å². The lowest BCUT2D eigenvalue weighted by atomic mass is 10.0. The summed E-state index contributed by atoms with van der Waals surface area (Å²) >= 11 is 0. The molecular formula is C67H127NO5. The number of hydrogen-bond donors (Lipinski definition) is 3. The molecule has 2 atom stereocenters. The molecule has 0 saturated heterocycles. The summed E-state index contributed by atoms with van der Waals surface area (Å²) in [6.45, 7) is 4.88. The van der Waals surface area contributed by atoms with Crippen molar-refractivity contribution in [3.63, 3.8) is 0 Å². The van der Waals surface area contributed by atoms with E-state index in [4.69, 9.17) is 4.74 Å². The van der Waals surface area contributed by atoms with Gasteiger partial charge in [-0.2, -0.15) is 0 Å². The van der Waals surface area contributed by atoms with Crippen LogP contribution in [0.1, 0.15) is 354 Å². The van der Waals surface area contributed by atoms with Crippen molar-refractivity contribution in [3.8, 4) is 0 Å². The van der Waals surface area contributed by atoms with Crippen LogP contribution in [0.25, 0.3) is 0 Å². The maximum Gasteiger partial charge on any atom is 0.305 e. The first-order chi connectivity index (χ1) is 36.0. The second-order valence-corrected chi connectivity index (χ2v) is 22.4. The van der Waals surface area contributed by atoms with Crippen LogP contribution in [0.3, 0.4) is 0 Å². The van der Waals surface area contributed by atoms with E-state index in [0.717, 1.165) is 70.6 Å². The Morgan fingerprint density at radius 3 is 0.986 bits per heavy atom. The highest BCUT2D eigenvalue weighted by Gasteiger charge is 2.18. The van der Waals surface area contributed by atoms with Crippen LogP contribution >= 0.6 is 0 Å². The van der Waals surface area contributed by atoms with Crippen LogP contribution < -0.4 is 5.32 Å². The predicted octanol–water partition coefficient (Wildman–Crippen LogP) is 20.8. The lowest BCUT2D eigenvalue weighted by molar-refractivity contribution is -0.143. The fourth-order valence-electron chi connectivity index (χ4n) is 10.1. The van der Waals surface area contributed by atoms with Crippen LogP contribution in [0.4, 0.5) is 0 Å². The number of carbonyl (C=O) groups is 2. The summed E-state index contributed by atoms with van der Waals surface area (Å²) in [5.41, 5.74) is 0. The quantitative estimate of drug-likeness (QED) is 0.0320. The maximum absolute atomic E-state index is 12.5. The minimum Gasteiger partial charge on any atom is -0.466 e. The third kappa shape index (κ3) is 59.2. The molecule has 0 aromatic rings. The van der Waals surface area contributed by atoms with Gasteiger partial charge in [0.15, 0.2) is 0 Å². The number of hydrogen-bond acceptors (Lipinski definition) is 5. The molecule has 0 aromatic carbocycles. The summed E-state index contributed by atoms with van der Waals surface area (Å²) in [6, 6.07) is -0.650. The van der Waals surface area contributed by atoms with Gasteiger partial charge >= 0.3 is 5.97 Å². The van der Waals surface area contributed by atoms with Gasteiger partial charge in [0, 0.05) is 12.8 Å². The van der Waals surface area contributed by atoms with Gasteiger partial charge in [-0.25, -0.2) is 0 Å². The van der Waals surface area contributed by atoms with Crippen LogP contribution in [-0.4, -0.2) is 47.4 Å². The largest absolute Gasteiger partial charge is 0.466 e. The van der Waals surface area contributed by atoms with Crippen molar-refractivity contribution in [1.29, 1.82) is 0 Å². The highest BCUT2D eigenvalue weighted by atomic mass is 16.5. The number of allylic oxidation sites excluding steroid dienone is 5. The molecule has 6 heteroatoms. The van der Waals surface area contributed by atoms with E-state index in [9.17, 15) is 19.8 Å². The average molecular weight is 1030 g/mol. The highest BCUT2D eigenvalue weighted by molar-refractivity contribution is 5.76. The number of rotatable bonds is 61. The van der Waals surface area contributed by atoms with Crippen molar-refractivity contribution in [1.82, 2.24) is 5.32 Å². The van der Waals surface area contributed by atoms with Gasteiger partial charge in [0.1, 0.15) is 0 Å². The Kier molecular flexibility index (Phi) is 61.0. The molecule has 0 aromatic heterocycles. The van der Waals surface area contributed by atoms with Gasteiger partial charge in [-0.1, -0.05) is 294 Å². The predicted molar refractivity (Wildman–Crippen MR) is 319 cm³/mol. The van der Waals surface area contributed by atoms with Crippen LogP contribution in [0, 0.1) is 0 Å². The topological polar surface area (TPSA) is 95.9 Å². The van der Waals surface area contributed by atoms with Gasteiger partial charge in [0.05, 0.1) is 25.4 Å². The fourth-order valence-corrected chi connectivity index (χ4v) is 10.1. The van der Waals surface area contributed by atoms with Crippen LogP contribution in [0.2, 0.25) is 0 Å². The van der Waals surface area contributed by atoms with E-state index < -0.39 is 12.1 Å². The van der Waals surface area contributed by atoms with Crippen molar-refractivity contribution in [2.24, 2.45) is 0 Å². The number of aliphatic hydroxyl groups is 2.